The van der Waals surface area contributed by atoms with Crippen LogP contribution in [-0.4, -0.2) is 46.9 Å². The Hall–Kier alpha value is -1.59. The first-order valence-corrected chi connectivity index (χ1v) is 7.74. The molecule has 2 rings (SSSR count). The van der Waals surface area contributed by atoms with Crippen molar-refractivity contribution in [3.05, 3.63) is 35.4 Å². The van der Waals surface area contributed by atoms with Gasteiger partial charge in [-0.25, -0.2) is 4.79 Å². The largest absolute Gasteiger partial charge is 0.444 e. The molecule has 0 saturated carbocycles. The van der Waals surface area contributed by atoms with Crippen molar-refractivity contribution in [2.24, 2.45) is 5.73 Å². The molecule has 1 amide bonds. The van der Waals surface area contributed by atoms with E-state index in [1.54, 1.807) is 4.90 Å². The number of nitrogens with zero attached hydrogens (tertiary/aromatic N) is 1. The molecule has 0 heterocycles. The summed E-state index contributed by atoms with van der Waals surface area (Å²) in [5.74, 6) is 0. The summed E-state index contributed by atoms with van der Waals surface area (Å²) < 4.78 is 5.49. The fourth-order valence-corrected chi connectivity index (χ4v) is 2.75. The lowest BCUT2D eigenvalue weighted by Crippen LogP contribution is -2.48. The lowest BCUT2D eigenvalue weighted by atomic mass is 10.1. The van der Waals surface area contributed by atoms with E-state index in [9.17, 15) is 9.90 Å². The second kappa shape index (κ2) is 6.67. The highest BCUT2D eigenvalue weighted by Gasteiger charge is 2.33. The van der Waals surface area contributed by atoms with Crippen LogP contribution in [0.15, 0.2) is 24.3 Å². The highest BCUT2D eigenvalue weighted by Crippen LogP contribution is 2.26. The van der Waals surface area contributed by atoms with Crippen molar-refractivity contribution in [2.75, 3.05) is 13.1 Å². The molecule has 0 aromatic heterocycles. The first-order valence-electron chi connectivity index (χ1n) is 7.74. The van der Waals surface area contributed by atoms with E-state index in [0.717, 1.165) is 12.8 Å². The highest BCUT2D eigenvalue weighted by atomic mass is 16.6. The Bertz CT molecular complexity index is 500. The SMILES string of the molecule is CC(C)(C)OC(=O)N(CC(O)CN)C1Cc2ccccc2C1. The van der Waals surface area contributed by atoms with E-state index in [-0.39, 0.29) is 19.1 Å². The molecule has 0 aliphatic heterocycles. The van der Waals surface area contributed by atoms with Gasteiger partial charge in [0, 0.05) is 12.6 Å². The molecule has 22 heavy (non-hydrogen) atoms. The minimum atomic E-state index is -0.740. The second-order valence-corrected chi connectivity index (χ2v) is 6.85. The Morgan fingerprint density at radius 1 is 1.36 bits per heavy atom. The summed E-state index contributed by atoms with van der Waals surface area (Å²) in [6, 6.07) is 8.19. The molecule has 1 atom stereocenters. The second-order valence-electron chi connectivity index (χ2n) is 6.85. The van der Waals surface area contributed by atoms with Crippen LogP contribution in [0.2, 0.25) is 0 Å². The number of amides is 1. The number of aliphatic hydroxyl groups excluding tert-OH is 1. The molecule has 0 radical (unpaired) electrons. The third-order valence-corrected chi connectivity index (χ3v) is 3.78. The van der Waals surface area contributed by atoms with Gasteiger partial charge in [0.25, 0.3) is 0 Å². The number of ether oxygens (including phenoxy) is 1. The maximum Gasteiger partial charge on any atom is 0.410 e. The van der Waals surface area contributed by atoms with Gasteiger partial charge in [0.05, 0.1) is 12.6 Å². The number of fused-ring (bicyclic) bond motifs is 1. The predicted molar refractivity (Wildman–Crippen MR) is 85.6 cm³/mol. The average Bonchev–Trinajstić information content (AvgIpc) is 2.85. The quantitative estimate of drug-likeness (QED) is 0.888. The molecule has 1 aromatic rings. The zero-order valence-electron chi connectivity index (χ0n) is 13.6. The number of rotatable bonds is 4. The van der Waals surface area contributed by atoms with Gasteiger partial charge in [0.15, 0.2) is 0 Å². The first-order chi connectivity index (χ1) is 10.3. The van der Waals surface area contributed by atoms with E-state index < -0.39 is 17.8 Å². The Balaban J connectivity index is 2.14. The minimum Gasteiger partial charge on any atom is -0.444 e. The zero-order chi connectivity index (χ0) is 16.3. The molecule has 0 spiro atoms. The van der Waals surface area contributed by atoms with Crippen molar-refractivity contribution in [1.29, 1.82) is 0 Å². The van der Waals surface area contributed by atoms with Gasteiger partial charge < -0.3 is 20.5 Å². The van der Waals surface area contributed by atoms with Crippen LogP contribution < -0.4 is 5.73 Å². The first kappa shape index (κ1) is 16.8. The summed E-state index contributed by atoms with van der Waals surface area (Å²) in [5, 5.41) is 9.88. The van der Waals surface area contributed by atoms with Gasteiger partial charge in [-0.3, -0.25) is 0 Å². The van der Waals surface area contributed by atoms with Gasteiger partial charge in [0.2, 0.25) is 0 Å². The number of hydrogen-bond donors (Lipinski definition) is 2. The molecule has 1 unspecified atom stereocenters. The van der Waals surface area contributed by atoms with Gasteiger partial charge in [-0.05, 0) is 44.7 Å². The standard InChI is InChI=1S/C17H26N2O3/c1-17(2,3)22-16(21)19(11-15(20)10-18)14-8-12-6-4-5-7-13(12)9-14/h4-7,14-15,20H,8-11,18H2,1-3H3. The summed E-state index contributed by atoms with van der Waals surface area (Å²) in [6.07, 6.45) is 0.438. The van der Waals surface area contributed by atoms with Crippen molar-refractivity contribution in [2.45, 2.75) is 51.4 Å². The third kappa shape index (κ3) is 4.21. The lowest BCUT2D eigenvalue weighted by Gasteiger charge is -2.32. The Morgan fingerprint density at radius 3 is 2.36 bits per heavy atom. The zero-order valence-corrected chi connectivity index (χ0v) is 13.6. The Kier molecular flexibility index (Phi) is 5.08. The molecule has 0 fully saturated rings. The molecule has 5 heteroatoms. The molecular weight excluding hydrogens is 280 g/mol. The van der Waals surface area contributed by atoms with Gasteiger partial charge >= 0.3 is 6.09 Å². The Morgan fingerprint density at radius 2 is 1.91 bits per heavy atom. The number of hydrogen-bond acceptors (Lipinski definition) is 4. The smallest absolute Gasteiger partial charge is 0.410 e. The van der Waals surface area contributed by atoms with Crippen LogP contribution in [0.3, 0.4) is 0 Å². The van der Waals surface area contributed by atoms with Crippen LogP contribution in [0.5, 0.6) is 0 Å². The topological polar surface area (TPSA) is 75.8 Å². The minimum absolute atomic E-state index is 0.00782. The van der Waals surface area contributed by atoms with E-state index in [1.165, 1.54) is 11.1 Å². The van der Waals surface area contributed by atoms with Crippen LogP contribution in [0, 0.1) is 0 Å². The fraction of sp³-hybridized carbons (Fsp3) is 0.588. The highest BCUT2D eigenvalue weighted by molar-refractivity contribution is 5.69. The van der Waals surface area contributed by atoms with Gasteiger partial charge in [0.1, 0.15) is 5.60 Å². The summed E-state index contributed by atoms with van der Waals surface area (Å²) in [7, 11) is 0. The maximum absolute atomic E-state index is 12.5. The maximum atomic E-state index is 12.5. The summed E-state index contributed by atoms with van der Waals surface area (Å²) in [6.45, 7) is 5.84. The number of carbonyl (C=O) groups excluding carboxylic acids is 1. The molecular formula is C17H26N2O3. The summed E-state index contributed by atoms with van der Waals surface area (Å²) in [5.41, 5.74) is 7.45. The molecule has 1 aliphatic carbocycles. The van der Waals surface area contributed by atoms with E-state index in [4.69, 9.17) is 10.5 Å². The van der Waals surface area contributed by atoms with Crippen molar-refractivity contribution in [1.82, 2.24) is 4.90 Å². The molecule has 1 aromatic carbocycles. The summed E-state index contributed by atoms with van der Waals surface area (Å²) >= 11 is 0. The van der Waals surface area contributed by atoms with Gasteiger partial charge in [-0.1, -0.05) is 24.3 Å². The normalized spacial score (nSPS) is 16.2. The van der Waals surface area contributed by atoms with Crippen molar-refractivity contribution in [3.8, 4) is 0 Å². The summed E-state index contributed by atoms with van der Waals surface area (Å²) in [4.78, 5) is 14.1. The predicted octanol–water partition coefficient (Wildman–Crippen LogP) is 1.71. The molecule has 5 nitrogen and oxygen atoms in total. The van der Waals surface area contributed by atoms with Crippen molar-refractivity contribution in [3.63, 3.8) is 0 Å². The van der Waals surface area contributed by atoms with Crippen LogP contribution in [0.25, 0.3) is 0 Å². The fourth-order valence-electron chi connectivity index (χ4n) is 2.75. The molecule has 0 bridgehead atoms. The number of benzene rings is 1. The van der Waals surface area contributed by atoms with Crippen LogP contribution in [0.4, 0.5) is 4.79 Å². The van der Waals surface area contributed by atoms with Crippen molar-refractivity contribution >= 4 is 6.09 Å². The third-order valence-electron chi connectivity index (χ3n) is 3.78. The van der Waals surface area contributed by atoms with Gasteiger partial charge in [-0.15, -0.1) is 0 Å². The number of carbonyl (C=O) groups is 1. The van der Waals surface area contributed by atoms with Crippen LogP contribution in [-0.2, 0) is 17.6 Å². The van der Waals surface area contributed by atoms with Gasteiger partial charge in [-0.2, -0.15) is 0 Å². The lowest BCUT2D eigenvalue weighted by molar-refractivity contribution is 0.00574. The molecule has 1 aliphatic rings. The van der Waals surface area contributed by atoms with Crippen molar-refractivity contribution < 1.29 is 14.6 Å². The van der Waals surface area contributed by atoms with E-state index >= 15 is 0 Å². The van der Waals surface area contributed by atoms with E-state index in [2.05, 4.69) is 12.1 Å². The average molecular weight is 306 g/mol. The Labute approximate surface area is 132 Å². The van der Waals surface area contributed by atoms with Crippen LogP contribution >= 0.6 is 0 Å². The van der Waals surface area contributed by atoms with E-state index in [0.29, 0.717) is 0 Å². The molecule has 0 saturated heterocycles. The monoisotopic (exact) mass is 306 g/mol. The van der Waals surface area contributed by atoms with Crippen LogP contribution in [0.1, 0.15) is 31.9 Å². The van der Waals surface area contributed by atoms with E-state index in [1.807, 2.05) is 32.9 Å². The number of nitrogens with two attached hydrogens (primary N) is 1. The molecule has 122 valence electrons. The molecule has 3 N–H and O–H groups in total. The number of aliphatic hydroxyl groups is 1.